The second kappa shape index (κ2) is 7.89. The SMILES string of the molecule is Cc1cc(C)n(-c2ccc(=O)n(C3CCC(Nc4ncnc5cc(C)n(C)c45)CC3)n2)n1. The highest BCUT2D eigenvalue weighted by molar-refractivity contribution is 5.87. The van der Waals surface area contributed by atoms with Gasteiger partial charge in [0, 0.05) is 30.5 Å². The molecular weight excluding hydrogens is 404 g/mol. The van der Waals surface area contributed by atoms with Crippen LogP contribution in [0.25, 0.3) is 16.9 Å². The molecule has 0 aromatic carbocycles. The molecule has 1 aliphatic carbocycles. The maximum absolute atomic E-state index is 12.6. The number of hydrogen-bond donors (Lipinski definition) is 1. The molecule has 5 rings (SSSR count). The van der Waals surface area contributed by atoms with Crippen LogP contribution in [0.1, 0.15) is 48.8 Å². The van der Waals surface area contributed by atoms with E-state index in [0.29, 0.717) is 11.9 Å². The molecule has 0 unspecified atom stereocenters. The van der Waals surface area contributed by atoms with Gasteiger partial charge in [0.1, 0.15) is 11.8 Å². The number of fused-ring (bicyclic) bond motifs is 1. The zero-order valence-electron chi connectivity index (χ0n) is 18.9. The molecule has 0 spiro atoms. The van der Waals surface area contributed by atoms with Crippen molar-refractivity contribution in [1.82, 2.24) is 34.1 Å². The molecule has 32 heavy (non-hydrogen) atoms. The summed E-state index contributed by atoms with van der Waals surface area (Å²) in [6, 6.07) is 7.81. The van der Waals surface area contributed by atoms with Gasteiger partial charge in [0.2, 0.25) is 0 Å². The van der Waals surface area contributed by atoms with Crippen LogP contribution in [0.5, 0.6) is 0 Å². The Morgan fingerprint density at radius 3 is 2.47 bits per heavy atom. The Bertz CT molecular complexity index is 1340. The fraction of sp³-hybridized carbons (Fsp3) is 0.435. The van der Waals surface area contributed by atoms with E-state index < -0.39 is 0 Å². The van der Waals surface area contributed by atoms with Crippen LogP contribution < -0.4 is 10.9 Å². The van der Waals surface area contributed by atoms with E-state index in [4.69, 9.17) is 0 Å². The summed E-state index contributed by atoms with van der Waals surface area (Å²) in [6.07, 6.45) is 5.26. The molecular formula is C23H28N8O. The second-order valence-corrected chi connectivity index (χ2v) is 8.76. The lowest BCUT2D eigenvalue weighted by Crippen LogP contribution is -2.34. The zero-order valence-corrected chi connectivity index (χ0v) is 18.9. The summed E-state index contributed by atoms with van der Waals surface area (Å²) in [6.45, 7) is 6.02. The summed E-state index contributed by atoms with van der Waals surface area (Å²) in [4.78, 5) is 21.5. The monoisotopic (exact) mass is 432 g/mol. The molecule has 0 saturated heterocycles. The highest BCUT2D eigenvalue weighted by atomic mass is 16.1. The number of nitrogens with one attached hydrogen (secondary N) is 1. The molecule has 0 aliphatic heterocycles. The van der Waals surface area contributed by atoms with Crippen molar-refractivity contribution in [3.05, 3.63) is 58.0 Å². The molecule has 4 heterocycles. The molecule has 0 amide bonds. The van der Waals surface area contributed by atoms with Gasteiger partial charge in [-0.2, -0.15) is 5.10 Å². The first kappa shape index (κ1) is 20.4. The van der Waals surface area contributed by atoms with Crippen molar-refractivity contribution < 1.29 is 0 Å². The quantitative estimate of drug-likeness (QED) is 0.532. The van der Waals surface area contributed by atoms with Crippen LogP contribution in [0.4, 0.5) is 5.82 Å². The highest BCUT2D eigenvalue weighted by Gasteiger charge is 2.25. The first-order chi connectivity index (χ1) is 15.4. The molecule has 0 radical (unpaired) electrons. The highest BCUT2D eigenvalue weighted by Crippen LogP contribution is 2.30. The van der Waals surface area contributed by atoms with Crippen LogP contribution in [-0.4, -0.2) is 40.1 Å². The van der Waals surface area contributed by atoms with Crippen LogP contribution in [0.3, 0.4) is 0 Å². The van der Waals surface area contributed by atoms with Crippen molar-refractivity contribution >= 4 is 16.9 Å². The standard InChI is InChI=1S/C23H28N8O/c1-14-11-16(3)30(27-14)20-9-10-21(32)31(28-20)18-7-5-17(6-8-18)26-23-22-19(24-13-25-23)12-15(2)29(22)4/h9-13,17-18H,5-8H2,1-4H3,(H,24,25,26). The Kier molecular flexibility index (Phi) is 5.03. The van der Waals surface area contributed by atoms with Gasteiger partial charge >= 0.3 is 0 Å². The summed E-state index contributed by atoms with van der Waals surface area (Å²) in [7, 11) is 2.04. The third kappa shape index (κ3) is 3.57. The smallest absolute Gasteiger partial charge is 0.267 e. The van der Waals surface area contributed by atoms with E-state index in [0.717, 1.165) is 59.6 Å². The van der Waals surface area contributed by atoms with Crippen LogP contribution in [0, 0.1) is 20.8 Å². The molecule has 1 aliphatic rings. The number of rotatable bonds is 4. The minimum atomic E-state index is -0.0662. The second-order valence-electron chi connectivity index (χ2n) is 8.76. The Labute approximate surface area is 186 Å². The number of aryl methyl sites for hydroxylation is 4. The van der Waals surface area contributed by atoms with Gasteiger partial charge in [-0.25, -0.2) is 19.3 Å². The number of hydrogen-bond acceptors (Lipinski definition) is 6. The molecule has 0 bridgehead atoms. The Hall–Kier alpha value is -3.49. The van der Waals surface area contributed by atoms with Crippen LogP contribution in [-0.2, 0) is 7.05 Å². The van der Waals surface area contributed by atoms with Gasteiger partial charge in [0.25, 0.3) is 5.56 Å². The maximum Gasteiger partial charge on any atom is 0.267 e. The van der Waals surface area contributed by atoms with Crippen molar-refractivity contribution in [2.45, 2.75) is 58.5 Å². The summed E-state index contributed by atoms with van der Waals surface area (Å²) < 4.78 is 5.56. The molecule has 4 aromatic rings. The van der Waals surface area contributed by atoms with E-state index in [9.17, 15) is 4.79 Å². The number of aromatic nitrogens is 7. The Morgan fingerprint density at radius 2 is 1.75 bits per heavy atom. The number of anilines is 1. The summed E-state index contributed by atoms with van der Waals surface area (Å²) >= 11 is 0. The molecule has 0 atom stereocenters. The van der Waals surface area contributed by atoms with Crippen LogP contribution >= 0.6 is 0 Å². The largest absolute Gasteiger partial charge is 0.365 e. The van der Waals surface area contributed by atoms with E-state index in [1.165, 1.54) is 0 Å². The van der Waals surface area contributed by atoms with Gasteiger partial charge in [0.05, 0.1) is 17.3 Å². The molecule has 166 valence electrons. The minimum absolute atomic E-state index is 0.0662. The molecule has 1 saturated carbocycles. The maximum atomic E-state index is 12.6. The van der Waals surface area contributed by atoms with E-state index in [1.54, 1.807) is 27.8 Å². The van der Waals surface area contributed by atoms with E-state index in [2.05, 4.69) is 43.0 Å². The first-order valence-corrected chi connectivity index (χ1v) is 11.1. The number of nitrogens with zero attached hydrogens (tertiary/aromatic N) is 7. The zero-order chi connectivity index (χ0) is 22.4. The minimum Gasteiger partial charge on any atom is -0.365 e. The molecule has 9 heteroatoms. The van der Waals surface area contributed by atoms with Crippen molar-refractivity contribution in [3.8, 4) is 5.82 Å². The van der Waals surface area contributed by atoms with Crippen molar-refractivity contribution in [1.29, 1.82) is 0 Å². The topological polar surface area (TPSA) is 95.5 Å². The third-order valence-electron chi connectivity index (χ3n) is 6.48. The van der Waals surface area contributed by atoms with Gasteiger partial charge in [-0.05, 0) is 64.7 Å². The van der Waals surface area contributed by atoms with Crippen LogP contribution in [0.2, 0.25) is 0 Å². The average molecular weight is 433 g/mol. The Balaban J connectivity index is 1.33. The molecule has 4 aromatic heterocycles. The molecule has 1 N–H and O–H groups in total. The average Bonchev–Trinajstić information content (AvgIpc) is 3.27. The van der Waals surface area contributed by atoms with E-state index in [1.807, 2.05) is 27.0 Å². The van der Waals surface area contributed by atoms with Crippen molar-refractivity contribution in [2.75, 3.05) is 5.32 Å². The fourth-order valence-corrected chi connectivity index (χ4v) is 4.71. The predicted molar refractivity (Wildman–Crippen MR) is 123 cm³/mol. The van der Waals surface area contributed by atoms with Gasteiger partial charge in [-0.15, -0.1) is 5.10 Å². The molecule has 1 fully saturated rings. The fourth-order valence-electron chi connectivity index (χ4n) is 4.71. The first-order valence-electron chi connectivity index (χ1n) is 11.1. The lowest BCUT2D eigenvalue weighted by molar-refractivity contribution is 0.302. The van der Waals surface area contributed by atoms with E-state index >= 15 is 0 Å². The summed E-state index contributed by atoms with van der Waals surface area (Å²) in [5.74, 6) is 1.55. The normalized spacial score (nSPS) is 18.9. The van der Waals surface area contributed by atoms with Gasteiger partial charge in [-0.3, -0.25) is 4.79 Å². The van der Waals surface area contributed by atoms with Crippen molar-refractivity contribution in [2.24, 2.45) is 7.05 Å². The van der Waals surface area contributed by atoms with Crippen molar-refractivity contribution in [3.63, 3.8) is 0 Å². The van der Waals surface area contributed by atoms with E-state index in [-0.39, 0.29) is 11.6 Å². The van der Waals surface area contributed by atoms with Gasteiger partial charge in [0.15, 0.2) is 11.6 Å². The summed E-state index contributed by atoms with van der Waals surface area (Å²) in [5.41, 5.74) is 5.00. The predicted octanol–water partition coefficient (Wildman–Crippen LogP) is 3.23. The van der Waals surface area contributed by atoms with Crippen LogP contribution in [0.15, 0.2) is 35.4 Å². The lowest BCUT2D eigenvalue weighted by atomic mass is 9.91. The van der Waals surface area contributed by atoms with Gasteiger partial charge in [-0.1, -0.05) is 0 Å². The van der Waals surface area contributed by atoms with Gasteiger partial charge < -0.3 is 9.88 Å². The third-order valence-corrected chi connectivity index (χ3v) is 6.48. The Morgan fingerprint density at radius 1 is 0.969 bits per heavy atom. The lowest BCUT2D eigenvalue weighted by Gasteiger charge is -2.30. The summed E-state index contributed by atoms with van der Waals surface area (Å²) in [5, 5.41) is 12.8. The molecule has 9 nitrogen and oxygen atoms in total.